The van der Waals surface area contributed by atoms with Gasteiger partial charge in [0.2, 0.25) is 0 Å². The quantitative estimate of drug-likeness (QED) is 0.914. The molecule has 0 bridgehead atoms. The van der Waals surface area contributed by atoms with Crippen molar-refractivity contribution in [3.63, 3.8) is 0 Å². The summed E-state index contributed by atoms with van der Waals surface area (Å²) in [6.07, 6.45) is 5.38. The van der Waals surface area contributed by atoms with Crippen LogP contribution in [0.25, 0.3) is 0 Å². The topological polar surface area (TPSA) is 63.1 Å². The maximum Gasteiger partial charge on any atom is 0.318 e. The van der Waals surface area contributed by atoms with Gasteiger partial charge in [0.1, 0.15) is 5.82 Å². The van der Waals surface area contributed by atoms with Crippen LogP contribution in [-0.4, -0.2) is 37.8 Å². The monoisotopic (exact) mass is 277 g/mol. The predicted molar refractivity (Wildman–Crippen MR) is 75.2 cm³/mol. The molecule has 0 radical (unpaired) electrons. The molecule has 2 amide bonds. The number of nitrogens with one attached hydrogen (secondary N) is 1. The Balaban J connectivity index is 1.61. The van der Waals surface area contributed by atoms with Crippen LogP contribution in [0.3, 0.4) is 0 Å². The Morgan fingerprint density at radius 3 is 3.05 bits per heavy atom. The van der Waals surface area contributed by atoms with Crippen molar-refractivity contribution in [1.82, 2.24) is 25.0 Å². The Bertz CT molecular complexity index is 498. The molecule has 3 heterocycles. The highest BCUT2D eigenvalue weighted by molar-refractivity contribution is 5.75. The number of aromatic nitrogens is 3. The van der Waals surface area contributed by atoms with Crippen molar-refractivity contribution in [2.75, 3.05) is 0 Å². The van der Waals surface area contributed by atoms with E-state index in [1.807, 2.05) is 4.90 Å². The van der Waals surface area contributed by atoms with E-state index in [0.29, 0.717) is 18.6 Å². The fourth-order valence-corrected chi connectivity index (χ4v) is 3.43. The van der Waals surface area contributed by atoms with Gasteiger partial charge < -0.3 is 14.8 Å². The first-order chi connectivity index (χ1) is 9.70. The third-order valence-corrected chi connectivity index (χ3v) is 4.58. The Labute approximate surface area is 119 Å². The van der Waals surface area contributed by atoms with E-state index in [0.717, 1.165) is 50.3 Å². The zero-order valence-corrected chi connectivity index (χ0v) is 12.3. The molecule has 0 spiro atoms. The number of urea groups is 1. The van der Waals surface area contributed by atoms with Gasteiger partial charge in [-0.05, 0) is 32.6 Å². The van der Waals surface area contributed by atoms with Crippen molar-refractivity contribution in [2.24, 2.45) is 0 Å². The highest BCUT2D eigenvalue weighted by Crippen LogP contribution is 2.25. The van der Waals surface area contributed by atoms with Crippen LogP contribution in [0.15, 0.2) is 0 Å². The molecule has 2 aliphatic heterocycles. The molecule has 0 aliphatic carbocycles. The van der Waals surface area contributed by atoms with E-state index < -0.39 is 0 Å². The molecule has 2 aliphatic rings. The summed E-state index contributed by atoms with van der Waals surface area (Å²) in [6.45, 7) is 5.73. The molecule has 6 heteroatoms. The summed E-state index contributed by atoms with van der Waals surface area (Å²) < 4.78 is 2.13. The molecule has 0 saturated carbocycles. The summed E-state index contributed by atoms with van der Waals surface area (Å²) in [5.41, 5.74) is 0. The van der Waals surface area contributed by atoms with Gasteiger partial charge in [0.25, 0.3) is 0 Å². The number of likely N-dealkylation sites (tertiary alicyclic amines) is 1. The molecule has 1 saturated heterocycles. The van der Waals surface area contributed by atoms with E-state index in [1.54, 1.807) is 0 Å². The molecule has 6 nitrogen and oxygen atoms in total. The van der Waals surface area contributed by atoms with Crippen LogP contribution < -0.4 is 5.32 Å². The van der Waals surface area contributed by atoms with Crippen molar-refractivity contribution in [3.8, 4) is 0 Å². The summed E-state index contributed by atoms with van der Waals surface area (Å²) in [5, 5.41) is 11.4. The molecular weight excluding hydrogens is 254 g/mol. The molecule has 3 rings (SSSR count). The van der Waals surface area contributed by atoms with Gasteiger partial charge in [0, 0.05) is 25.0 Å². The van der Waals surface area contributed by atoms with Crippen molar-refractivity contribution in [3.05, 3.63) is 11.6 Å². The van der Waals surface area contributed by atoms with Gasteiger partial charge in [-0.2, -0.15) is 0 Å². The van der Waals surface area contributed by atoms with Crippen LogP contribution in [0, 0.1) is 0 Å². The predicted octanol–water partition coefficient (Wildman–Crippen LogP) is 1.70. The average molecular weight is 277 g/mol. The molecular formula is C14H23N5O. The number of nitrogens with zero attached hydrogens (tertiary/aromatic N) is 4. The SMILES string of the molecule is CC[C@@H]1CC[C@@H](C)N1C(=O)NCc1nnc2n1CCC2. The molecule has 1 N–H and O–H groups in total. The standard InChI is InChI=1S/C14H23N5O/c1-3-11-7-6-10(2)19(11)14(20)15-9-13-17-16-12-5-4-8-18(12)13/h10-11H,3-9H2,1-2H3,(H,15,20)/t10-,11-/m1/s1. The van der Waals surface area contributed by atoms with Gasteiger partial charge in [0.15, 0.2) is 5.82 Å². The van der Waals surface area contributed by atoms with Crippen molar-refractivity contribution in [2.45, 2.75) is 71.1 Å². The van der Waals surface area contributed by atoms with Gasteiger partial charge in [0.05, 0.1) is 6.54 Å². The van der Waals surface area contributed by atoms with Gasteiger partial charge in [-0.1, -0.05) is 6.92 Å². The average Bonchev–Trinajstić information content (AvgIpc) is 3.11. The molecule has 0 aromatic carbocycles. The third kappa shape index (κ3) is 2.27. The second kappa shape index (κ2) is 5.42. The lowest BCUT2D eigenvalue weighted by atomic mass is 10.2. The normalized spacial score (nSPS) is 25.0. The Morgan fingerprint density at radius 2 is 2.25 bits per heavy atom. The summed E-state index contributed by atoms with van der Waals surface area (Å²) >= 11 is 0. The second-order valence-corrected chi connectivity index (χ2v) is 5.84. The van der Waals surface area contributed by atoms with Crippen molar-refractivity contribution in [1.29, 1.82) is 0 Å². The Kier molecular flexibility index (Phi) is 3.63. The smallest absolute Gasteiger partial charge is 0.318 e. The minimum absolute atomic E-state index is 0.0391. The first-order valence-electron chi connectivity index (χ1n) is 7.67. The maximum absolute atomic E-state index is 12.4. The van der Waals surface area contributed by atoms with Gasteiger partial charge in [-0.3, -0.25) is 0 Å². The molecule has 1 fully saturated rings. The zero-order valence-electron chi connectivity index (χ0n) is 12.3. The molecule has 1 aromatic heterocycles. The lowest BCUT2D eigenvalue weighted by Gasteiger charge is -2.28. The van der Waals surface area contributed by atoms with Gasteiger partial charge >= 0.3 is 6.03 Å². The lowest BCUT2D eigenvalue weighted by molar-refractivity contribution is 0.174. The lowest BCUT2D eigenvalue weighted by Crippen LogP contribution is -2.45. The van der Waals surface area contributed by atoms with E-state index in [-0.39, 0.29) is 6.03 Å². The number of hydrogen-bond acceptors (Lipinski definition) is 3. The summed E-state index contributed by atoms with van der Waals surface area (Å²) in [5.74, 6) is 1.93. The molecule has 1 aromatic rings. The molecule has 0 unspecified atom stereocenters. The second-order valence-electron chi connectivity index (χ2n) is 5.84. The van der Waals surface area contributed by atoms with Crippen molar-refractivity contribution < 1.29 is 4.79 Å². The van der Waals surface area contributed by atoms with Crippen LogP contribution in [0.2, 0.25) is 0 Å². The fourth-order valence-electron chi connectivity index (χ4n) is 3.43. The summed E-state index contributed by atoms with van der Waals surface area (Å²) in [6, 6.07) is 0.760. The highest BCUT2D eigenvalue weighted by atomic mass is 16.2. The number of fused-ring (bicyclic) bond motifs is 1. The summed E-state index contributed by atoms with van der Waals surface area (Å²) in [7, 11) is 0. The van der Waals surface area contributed by atoms with E-state index in [1.165, 1.54) is 0 Å². The minimum Gasteiger partial charge on any atom is -0.331 e. The van der Waals surface area contributed by atoms with E-state index >= 15 is 0 Å². The number of amides is 2. The van der Waals surface area contributed by atoms with Crippen molar-refractivity contribution >= 4 is 6.03 Å². The maximum atomic E-state index is 12.4. The largest absolute Gasteiger partial charge is 0.331 e. The molecule has 110 valence electrons. The molecule has 20 heavy (non-hydrogen) atoms. The van der Waals surface area contributed by atoms with Gasteiger partial charge in [-0.15, -0.1) is 10.2 Å². The van der Waals surface area contributed by atoms with Crippen LogP contribution in [0.1, 0.15) is 51.2 Å². The number of carbonyl (C=O) groups is 1. The van der Waals surface area contributed by atoms with E-state index in [4.69, 9.17) is 0 Å². The minimum atomic E-state index is 0.0391. The first kappa shape index (κ1) is 13.4. The fraction of sp³-hybridized carbons (Fsp3) is 0.786. The number of rotatable bonds is 3. The van der Waals surface area contributed by atoms with Crippen LogP contribution in [0.5, 0.6) is 0 Å². The Hall–Kier alpha value is -1.59. The zero-order chi connectivity index (χ0) is 14.1. The molecule has 2 atom stereocenters. The number of carbonyl (C=O) groups excluding carboxylic acids is 1. The number of aryl methyl sites for hydroxylation is 1. The Morgan fingerprint density at radius 1 is 1.40 bits per heavy atom. The summed E-state index contributed by atoms with van der Waals surface area (Å²) in [4.78, 5) is 14.4. The van der Waals surface area contributed by atoms with Gasteiger partial charge in [-0.25, -0.2) is 4.79 Å². The van der Waals surface area contributed by atoms with Crippen LogP contribution in [-0.2, 0) is 19.5 Å². The highest BCUT2D eigenvalue weighted by Gasteiger charge is 2.33. The van der Waals surface area contributed by atoms with E-state index in [9.17, 15) is 4.79 Å². The first-order valence-corrected chi connectivity index (χ1v) is 7.67. The van der Waals surface area contributed by atoms with Crippen LogP contribution >= 0.6 is 0 Å². The van der Waals surface area contributed by atoms with E-state index in [2.05, 4.69) is 33.9 Å². The third-order valence-electron chi connectivity index (χ3n) is 4.58. The number of hydrogen-bond donors (Lipinski definition) is 1. The van der Waals surface area contributed by atoms with Crippen LogP contribution in [0.4, 0.5) is 4.79 Å².